The molecule has 1 amide bonds. The second-order valence-electron chi connectivity index (χ2n) is 4.94. The maximum absolute atomic E-state index is 13.1. The third-order valence-electron chi connectivity index (χ3n) is 3.23. The van der Waals surface area contributed by atoms with Crippen molar-refractivity contribution in [2.75, 3.05) is 16.8 Å². The first-order chi connectivity index (χ1) is 9.77. The van der Waals surface area contributed by atoms with E-state index >= 15 is 0 Å². The van der Waals surface area contributed by atoms with E-state index in [2.05, 4.69) is 5.32 Å². The van der Waals surface area contributed by atoms with E-state index in [4.69, 9.17) is 0 Å². The van der Waals surface area contributed by atoms with Crippen molar-refractivity contribution < 1.29 is 22.5 Å². The molecule has 114 valence electrons. The number of nitrogens with zero attached hydrogens (tertiary/aromatic N) is 1. The first kappa shape index (κ1) is 15.4. The van der Waals surface area contributed by atoms with Gasteiger partial charge in [0.25, 0.3) is 0 Å². The van der Waals surface area contributed by atoms with Crippen molar-refractivity contribution in [2.24, 2.45) is 5.92 Å². The summed E-state index contributed by atoms with van der Waals surface area (Å²) in [6.45, 7) is 0. The summed E-state index contributed by atoms with van der Waals surface area (Å²) < 4.78 is 35.7. The van der Waals surface area contributed by atoms with E-state index in [-0.39, 0.29) is 29.5 Å². The van der Waals surface area contributed by atoms with Crippen molar-refractivity contribution in [1.29, 1.82) is 0 Å². The van der Waals surface area contributed by atoms with Crippen molar-refractivity contribution in [3.05, 3.63) is 34.1 Å². The van der Waals surface area contributed by atoms with E-state index in [9.17, 15) is 27.7 Å². The number of carbonyl (C=O) groups excluding carboxylic acids is 1. The number of sulfone groups is 1. The average molecular weight is 316 g/mol. The topological polar surface area (TPSA) is 106 Å². The zero-order valence-electron chi connectivity index (χ0n) is 10.9. The van der Waals surface area contributed by atoms with Crippen LogP contribution in [0.4, 0.5) is 15.8 Å². The quantitative estimate of drug-likeness (QED) is 0.669. The zero-order valence-corrected chi connectivity index (χ0v) is 11.7. The van der Waals surface area contributed by atoms with Crippen LogP contribution in [-0.4, -0.2) is 30.8 Å². The Kier molecular flexibility index (Phi) is 4.21. The van der Waals surface area contributed by atoms with Gasteiger partial charge in [0.1, 0.15) is 0 Å². The molecule has 1 saturated heterocycles. The molecule has 1 aliphatic rings. The lowest BCUT2D eigenvalue weighted by Crippen LogP contribution is -2.17. The molecule has 0 aliphatic carbocycles. The van der Waals surface area contributed by atoms with Crippen molar-refractivity contribution in [1.82, 2.24) is 0 Å². The van der Waals surface area contributed by atoms with Gasteiger partial charge in [0.15, 0.2) is 9.84 Å². The number of amides is 1. The highest BCUT2D eigenvalue weighted by atomic mass is 32.2. The number of hydrogen-bond donors (Lipinski definition) is 1. The van der Waals surface area contributed by atoms with Gasteiger partial charge in [-0.25, -0.2) is 8.42 Å². The molecule has 1 atom stereocenters. The first-order valence-electron chi connectivity index (χ1n) is 6.21. The van der Waals surface area contributed by atoms with Gasteiger partial charge < -0.3 is 5.32 Å². The molecule has 0 saturated carbocycles. The molecule has 0 bridgehead atoms. The van der Waals surface area contributed by atoms with Crippen LogP contribution in [0.3, 0.4) is 0 Å². The standard InChI is InChI=1S/C12H13FN2O5S/c13-10-2-1-9(6-11(10)15(17)18)14-12(16)5-8-3-4-21(19,20)7-8/h1-2,6,8H,3-5,7H2,(H,14,16)/t8-/m1/s1. The first-order valence-corrected chi connectivity index (χ1v) is 8.03. The minimum Gasteiger partial charge on any atom is -0.326 e. The van der Waals surface area contributed by atoms with Gasteiger partial charge in [-0.05, 0) is 24.5 Å². The predicted octanol–water partition coefficient (Wildman–Crippen LogP) is 1.50. The van der Waals surface area contributed by atoms with Crippen molar-refractivity contribution in [3.8, 4) is 0 Å². The van der Waals surface area contributed by atoms with Gasteiger partial charge in [-0.3, -0.25) is 14.9 Å². The van der Waals surface area contributed by atoms with Crippen LogP contribution in [0.1, 0.15) is 12.8 Å². The van der Waals surface area contributed by atoms with Crippen LogP contribution >= 0.6 is 0 Å². The SMILES string of the molecule is O=C(C[C@H]1CCS(=O)(=O)C1)Nc1ccc(F)c([N+](=O)[O-])c1. The van der Waals surface area contributed by atoms with E-state index < -0.39 is 32.2 Å². The molecule has 1 aromatic carbocycles. The maximum Gasteiger partial charge on any atom is 0.306 e. The predicted molar refractivity (Wildman–Crippen MR) is 73.1 cm³/mol. The Hall–Kier alpha value is -2.03. The van der Waals surface area contributed by atoms with Crippen LogP contribution in [0, 0.1) is 21.8 Å². The van der Waals surface area contributed by atoms with Gasteiger partial charge in [-0.1, -0.05) is 0 Å². The monoisotopic (exact) mass is 316 g/mol. The number of nitrogens with one attached hydrogen (secondary N) is 1. The Morgan fingerprint density at radius 3 is 2.76 bits per heavy atom. The number of rotatable bonds is 4. The highest BCUT2D eigenvalue weighted by Crippen LogP contribution is 2.24. The maximum atomic E-state index is 13.1. The fourth-order valence-electron chi connectivity index (χ4n) is 2.24. The molecule has 0 unspecified atom stereocenters. The fraction of sp³-hybridized carbons (Fsp3) is 0.417. The lowest BCUT2D eigenvalue weighted by molar-refractivity contribution is -0.387. The molecule has 1 heterocycles. The summed E-state index contributed by atoms with van der Waals surface area (Å²) in [5.41, 5.74) is -0.620. The van der Waals surface area contributed by atoms with Crippen LogP contribution in [0.5, 0.6) is 0 Å². The normalized spacial score (nSPS) is 20.1. The zero-order chi connectivity index (χ0) is 15.6. The Morgan fingerprint density at radius 2 is 2.19 bits per heavy atom. The average Bonchev–Trinajstić information content (AvgIpc) is 2.70. The third kappa shape index (κ3) is 3.97. The van der Waals surface area contributed by atoms with Crippen LogP contribution in [0.2, 0.25) is 0 Å². The molecule has 9 heteroatoms. The van der Waals surface area contributed by atoms with Crippen molar-refractivity contribution in [3.63, 3.8) is 0 Å². The fourth-order valence-corrected chi connectivity index (χ4v) is 4.10. The minimum absolute atomic E-state index is 0.0183. The van der Waals surface area contributed by atoms with E-state index in [1.165, 1.54) is 6.07 Å². The van der Waals surface area contributed by atoms with Gasteiger partial charge >= 0.3 is 5.69 Å². The molecule has 0 aromatic heterocycles. The number of nitro benzene ring substituents is 1. The van der Waals surface area contributed by atoms with Gasteiger partial charge in [0.2, 0.25) is 11.7 Å². The van der Waals surface area contributed by atoms with Gasteiger partial charge in [0.05, 0.1) is 16.4 Å². The summed E-state index contributed by atoms with van der Waals surface area (Å²) >= 11 is 0. The van der Waals surface area contributed by atoms with E-state index in [0.29, 0.717) is 6.42 Å². The second kappa shape index (κ2) is 5.76. The lowest BCUT2D eigenvalue weighted by Gasteiger charge is -2.08. The highest BCUT2D eigenvalue weighted by Gasteiger charge is 2.29. The van der Waals surface area contributed by atoms with Crippen molar-refractivity contribution in [2.45, 2.75) is 12.8 Å². The summed E-state index contributed by atoms with van der Waals surface area (Å²) in [6.07, 6.45) is 0.448. The van der Waals surface area contributed by atoms with E-state index in [1.807, 2.05) is 0 Å². The summed E-state index contributed by atoms with van der Waals surface area (Å²) in [7, 11) is -3.06. The summed E-state index contributed by atoms with van der Waals surface area (Å²) in [5, 5.41) is 13.0. The Labute approximate surface area is 120 Å². The van der Waals surface area contributed by atoms with Crippen LogP contribution in [-0.2, 0) is 14.6 Å². The van der Waals surface area contributed by atoms with E-state index in [0.717, 1.165) is 12.1 Å². The number of anilines is 1. The smallest absolute Gasteiger partial charge is 0.306 e. The number of benzene rings is 1. The molecule has 1 N–H and O–H groups in total. The number of halogens is 1. The molecule has 1 aromatic rings. The Bertz CT molecular complexity index is 689. The number of nitro groups is 1. The molecule has 21 heavy (non-hydrogen) atoms. The minimum atomic E-state index is -3.06. The molecule has 0 radical (unpaired) electrons. The molecule has 2 rings (SSSR count). The van der Waals surface area contributed by atoms with Crippen LogP contribution < -0.4 is 5.32 Å². The molecule has 1 fully saturated rings. The molecule has 0 spiro atoms. The van der Waals surface area contributed by atoms with Crippen LogP contribution in [0.15, 0.2) is 18.2 Å². The van der Waals surface area contributed by atoms with Gasteiger partial charge in [-0.2, -0.15) is 4.39 Å². The lowest BCUT2D eigenvalue weighted by atomic mass is 10.1. The second-order valence-corrected chi connectivity index (χ2v) is 7.17. The van der Waals surface area contributed by atoms with E-state index in [1.54, 1.807) is 0 Å². The Morgan fingerprint density at radius 1 is 1.48 bits per heavy atom. The largest absolute Gasteiger partial charge is 0.326 e. The number of carbonyl (C=O) groups is 1. The molecule has 1 aliphatic heterocycles. The molecule has 7 nitrogen and oxygen atoms in total. The summed E-state index contributed by atoms with van der Waals surface area (Å²) in [4.78, 5) is 21.5. The van der Waals surface area contributed by atoms with Crippen LogP contribution in [0.25, 0.3) is 0 Å². The summed E-state index contributed by atoms with van der Waals surface area (Å²) in [5.74, 6) is -1.62. The highest BCUT2D eigenvalue weighted by molar-refractivity contribution is 7.91. The summed E-state index contributed by atoms with van der Waals surface area (Å²) in [6, 6.07) is 3.04. The van der Waals surface area contributed by atoms with Crippen molar-refractivity contribution >= 4 is 27.1 Å². The van der Waals surface area contributed by atoms with Gasteiger partial charge in [0, 0.05) is 18.2 Å². The third-order valence-corrected chi connectivity index (χ3v) is 5.06. The van der Waals surface area contributed by atoms with Gasteiger partial charge in [-0.15, -0.1) is 0 Å². The molecular weight excluding hydrogens is 303 g/mol. The molecular formula is C12H13FN2O5S. The Balaban J connectivity index is 2.00. The number of hydrogen-bond acceptors (Lipinski definition) is 5.